The van der Waals surface area contributed by atoms with E-state index in [2.05, 4.69) is 15.3 Å². The molecule has 8 nitrogen and oxygen atoms in total. The Morgan fingerprint density at radius 2 is 2.20 bits per heavy atom. The van der Waals surface area contributed by atoms with E-state index >= 15 is 0 Å². The van der Waals surface area contributed by atoms with Gasteiger partial charge in [-0.15, -0.1) is 10.2 Å². The monoisotopic (exact) mass is 347 g/mol. The molecule has 0 bridgehead atoms. The van der Waals surface area contributed by atoms with Gasteiger partial charge in [-0.1, -0.05) is 13.8 Å². The number of methoxy groups -OCH3 is 1. The minimum absolute atomic E-state index is 0.0121. The lowest BCUT2D eigenvalue weighted by molar-refractivity contribution is 0.0763. The summed E-state index contributed by atoms with van der Waals surface area (Å²) in [6.45, 7) is 8.35. The maximum absolute atomic E-state index is 12.9. The van der Waals surface area contributed by atoms with Crippen molar-refractivity contribution in [3.63, 3.8) is 0 Å². The molecule has 25 heavy (non-hydrogen) atoms. The number of ether oxygens (including phenoxy) is 1. The largest absolute Gasteiger partial charge is 0.425 e. The van der Waals surface area contributed by atoms with Gasteiger partial charge in [0.15, 0.2) is 0 Å². The third-order valence-corrected chi connectivity index (χ3v) is 4.61. The Morgan fingerprint density at radius 1 is 1.40 bits per heavy atom. The van der Waals surface area contributed by atoms with E-state index in [1.807, 2.05) is 25.7 Å². The molecule has 0 aromatic carbocycles. The summed E-state index contributed by atoms with van der Waals surface area (Å²) in [6, 6.07) is 1.76. The number of likely N-dealkylation sites (tertiary alicyclic amines) is 1. The summed E-state index contributed by atoms with van der Waals surface area (Å²) in [4.78, 5) is 14.7. The second-order valence-electron chi connectivity index (χ2n) is 6.70. The minimum Gasteiger partial charge on any atom is -0.425 e. The van der Waals surface area contributed by atoms with Gasteiger partial charge in [0.2, 0.25) is 11.8 Å². The lowest BCUT2D eigenvalue weighted by atomic mass is 9.97. The molecule has 1 aliphatic rings. The third-order valence-electron chi connectivity index (χ3n) is 4.61. The summed E-state index contributed by atoms with van der Waals surface area (Å²) in [7, 11) is 1.67. The van der Waals surface area contributed by atoms with E-state index in [0.29, 0.717) is 43.7 Å². The number of carbonyl (C=O) groups is 1. The molecule has 136 valence electrons. The minimum atomic E-state index is -0.0217. The van der Waals surface area contributed by atoms with E-state index < -0.39 is 0 Å². The van der Waals surface area contributed by atoms with Crippen LogP contribution in [0.5, 0.6) is 0 Å². The van der Waals surface area contributed by atoms with Gasteiger partial charge in [0, 0.05) is 44.8 Å². The molecule has 0 unspecified atom stereocenters. The third kappa shape index (κ3) is 3.44. The van der Waals surface area contributed by atoms with Crippen LogP contribution in [0, 0.1) is 5.92 Å². The number of nitrogens with zero attached hydrogens (tertiary/aromatic N) is 5. The van der Waals surface area contributed by atoms with Crippen LogP contribution < -0.4 is 0 Å². The molecular formula is C17H25N5O3. The second-order valence-corrected chi connectivity index (χ2v) is 6.70. The van der Waals surface area contributed by atoms with Crippen molar-refractivity contribution in [2.24, 2.45) is 5.92 Å². The number of amides is 1. The van der Waals surface area contributed by atoms with Crippen molar-refractivity contribution in [2.75, 3.05) is 26.8 Å². The van der Waals surface area contributed by atoms with Crippen molar-refractivity contribution >= 4 is 5.91 Å². The molecule has 0 spiro atoms. The molecule has 2 atom stereocenters. The predicted octanol–water partition coefficient (Wildman–Crippen LogP) is 1.91. The van der Waals surface area contributed by atoms with Crippen LogP contribution in [0.3, 0.4) is 0 Å². The number of aryl methyl sites for hydroxylation is 1. The van der Waals surface area contributed by atoms with E-state index in [9.17, 15) is 4.79 Å². The van der Waals surface area contributed by atoms with Crippen LogP contribution in [0.4, 0.5) is 0 Å². The van der Waals surface area contributed by atoms with Crippen LogP contribution in [-0.4, -0.2) is 57.6 Å². The summed E-state index contributed by atoms with van der Waals surface area (Å²) in [5.41, 5.74) is 0.604. The fourth-order valence-electron chi connectivity index (χ4n) is 3.26. The lowest BCUT2D eigenvalue weighted by Crippen LogP contribution is -2.31. The molecule has 1 saturated heterocycles. The fourth-order valence-corrected chi connectivity index (χ4v) is 3.26. The number of hydrogen-bond acceptors (Lipinski definition) is 6. The Bertz CT molecular complexity index is 723. The summed E-state index contributed by atoms with van der Waals surface area (Å²) in [5.74, 6) is 1.49. The molecule has 3 rings (SSSR count). The number of hydrogen-bond donors (Lipinski definition) is 0. The van der Waals surface area contributed by atoms with Crippen LogP contribution in [0.25, 0.3) is 0 Å². The van der Waals surface area contributed by atoms with Gasteiger partial charge in [-0.3, -0.25) is 9.48 Å². The molecule has 2 aromatic rings. The highest BCUT2D eigenvalue weighted by atomic mass is 16.5. The molecule has 0 N–H and O–H groups in total. The smallest absolute Gasteiger partial charge is 0.272 e. The summed E-state index contributed by atoms with van der Waals surface area (Å²) in [6.07, 6.45) is 1.66. The average molecular weight is 347 g/mol. The Labute approximate surface area is 147 Å². The molecule has 1 fully saturated rings. The Kier molecular flexibility index (Phi) is 5.17. The van der Waals surface area contributed by atoms with Gasteiger partial charge >= 0.3 is 0 Å². The Morgan fingerprint density at radius 3 is 2.84 bits per heavy atom. The van der Waals surface area contributed by atoms with E-state index in [0.717, 1.165) is 0 Å². The molecule has 8 heteroatoms. The molecular weight excluding hydrogens is 322 g/mol. The van der Waals surface area contributed by atoms with Crippen molar-refractivity contribution < 1.29 is 13.9 Å². The highest BCUT2D eigenvalue weighted by molar-refractivity contribution is 5.92. The number of aromatic nitrogens is 4. The lowest BCUT2D eigenvalue weighted by Gasteiger charge is -2.16. The van der Waals surface area contributed by atoms with Crippen LogP contribution in [0.2, 0.25) is 0 Å². The Hall–Kier alpha value is -2.22. The van der Waals surface area contributed by atoms with E-state index in [1.54, 1.807) is 24.1 Å². The molecule has 0 saturated carbocycles. The van der Waals surface area contributed by atoms with Gasteiger partial charge in [0.05, 0.1) is 12.5 Å². The van der Waals surface area contributed by atoms with E-state index in [-0.39, 0.29) is 23.7 Å². The van der Waals surface area contributed by atoms with Gasteiger partial charge < -0.3 is 14.1 Å². The first-order chi connectivity index (χ1) is 12.0. The molecule has 0 radical (unpaired) electrons. The van der Waals surface area contributed by atoms with Crippen molar-refractivity contribution in [3.8, 4) is 0 Å². The topological polar surface area (TPSA) is 86.3 Å². The molecule has 0 aliphatic carbocycles. The number of carbonyl (C=O) groups excluding carboxylic acids is 1. The first-order valence-corrected chi connectivity index (χ1v) is 8.68. The van der Waals surface area contributed by atoms with Crippen LogP contribution >= 0.6 is 0 Å². The highest BCUT2D eigenvalue weighted by Crippen LogP contribution is 2.33. The average Bonchev–Trinajstić information content (AvgIpc) is 3.32. The Balaban J connectivity index is 1.81. The molecule has 1 aliphatic heterocycles. The van der Waals surface area contributed by atoms with E-state index in [4.69, 9.17) is 9.15 Å². The zero-order valence-electron chi connectivity index (χ0n) is 15.2. The molecule has 2 aromatic heterocycles. The zero-order chi connectivity index (χ0) is 18.0. The van der Waals surface area contributed by atoms with Gasteiger partial charge in [0.25, 0.3) is 5.91 Å². The fraction of sp³-hybridized carbons (Fsp3) is 0.647. The zero-order valence-corrected chi connectivity index (χ0v) is 15.2. The quantitative estimate of drug-likeness (QED) is 0.793. The number of rotatable bonds is 6. The van der Waals surface area contributed by atoms with Gasteiger partial charge in [0.1, 0.15) is 5.69 Å². The standard InChI is InChI=1S/C17H25N5O3/c1-5-22-14(6-7-18-22)17(23)21-8-12(10-24-4)13(9-21)16-20-19-15(25-16)11(2)3/h6-7,11-13H,5,8-10H2,1-4H3/t12-,13+/m0/s1. The van der Waals surface area contributed by atoms with Gasteiger partial charge in [-0.05, 0) is 13.0 Å². The van der Waals surface area contributed by atoms with Crippen LogP contribution in [0.15, 0.2) is 16.7 Å². The van der Waals surface area contributed by atoms with Crippen molar-refractivity contribution in [1.29, 1.82) is 0 Å². The predicted molar refractivity (Wildman–Crippen MR) is 90.3 cm³/mol. The second kappa shape index (κ2) is 7.35. The summed E-state index contributed by atoms with van der Waals surface area (Å²) < 4.78 is 12.9. The molecule has 3 heterocycles. The van der Waals surface area contributed by atoms with Crippen LogP contribution in [0.1, 0.15) is 54.9 Å². The van der Waals surface area contributed by atoms with Gasteiger partial charge in [-0.25, -0.2) is 0 Å². The summed E-state index contributed by atoms with van der Waals surface area (Å²) in [5, 5.41) is 12.5. The SMILES string of the molecule is CCn1nccc1C(=O)N1C[C@@H](COC)[C@H](c2nnc(C(C)C)o2)C1. The van der Waals surface area contributed by atoms with Crippen LogP contribution in [-0.2, 0) is 11.3 Å². The first-order valence-electron chi connectivity index (χ1n) is 8.68. The highest BCUT2D eigenvalue weighted by Gasteiger charge is 2.40. The first kappa shape index (κ1) is 17.6. The van der Waals surface area contributed by atoms with Crippen molar-refractivity contribution in [1.82, 2.24) is 24.9 Å². The normalized spacial score (nSPS) is 20.6. The molecule has 1 amide bonds. The van der Waals surface area contributed by atoms with Gasteiger partial charge in [-0.2, -0.15) is 5.10 Å². The maximum Gasteiger partial charge on any atom is 0.272 e. The maximum atomic E-state index is 12.9. The summed E-state index contributed by atoms with van der Waals surface area (Å²) >= 11 is 0. The van der Waals surface area contributed by atoms with Crippen molar-refractivity contribution in [3.05, 3.63) is 29.7 Å². The van der Waals surface area contributed by atoms with E-state index in [1.165, 1.54) is 0 Å². The van der Waals surface area contributed by atoms with Crippen molar-refractivity contribution in [2.45, 2.75) is 39.2 Å².